The second kappa shape index (κ2) is 13.5. The van der Waals surface area contributed by atoms with Gasteiger partial charge in [0.05, 0.1) is 24.2 Å². The molecule has 0 spiro atoms. The van der Waals surface area contributed by atoms with E-state index in [0.717, 1.165) is 86.2 Å². The molecule has 8 nitrogen and oxygen atoms in total. The maximum Gasteiger partial charge on any atom is 0.434 e. The number of ether oxygens (including phenoxy) is 2. The molecule has 11 heteroatoms. The lowest BCUT2D eigenvalue weighted by Gasteiger charge is -2.29. The standard InChI is InChI=1S/C35H36F3N5O3/c1-3-45-34(44)30-19-39-43(33(30)35(36,37)38)32-13-7-12-31(41-32)29-11-5-4-9-26(29)22-46-28-15-14-25-20-42(17-16-24(25)18-28)21-27-10-6-8-23(2)40-27/h6-8,10,12-15,18-19H,3-5,9,11,16-17,20-22H2,1-2H3. The maximum absolute atomic E-state index is 14.1. The molecule has 1 aliphatic carbocycles. The van der Waals surface area contributed by atoms with Crippen molar-refractivity contribution in [3.8, 4) is 11.6 Å². The van der Waals surface area contributed by atoms with Crippen LogP contribution in [-0.2, 0) is 30.4 Å². The summed E-state index contributed by atoms with van der Waals surface area (Å²) >= 11 is 0. The number of rotatable bonds is 9. The predicted molar refractivity (Wildman–Crippen MR) is 166 cm³/mol. The van der Waals surface area contributed by atoms with Crippen molar-refractivity contribution >= 4 is 11.5 Å². The third-order valence-corrected chi connectivity index (χ3v) is 8.39. The molecular formula is C35H36F3N5O3. The molecule has 0 atom stereocenters. The SMILES string of the molecule is CCOC(=O)c1cnn(-c2cccc(C3=C(COc4ccc5c(c4)CCN(Cc4cccc(C)n4)C5)CCCC3)n2)c1C(F)(F)F. The fraction of sp³-hybridized carbons (Fsp3) is 0.371. The molecule has 0 amide bonds. The molecule has 0 saturated carbocycles. The average Bonchev–Trinajstić information content (AvgIpc) is 3.51. The van der Waals surface area contributed by atoms with Crippen molar-refractivity contribution < 1.29 is 27.4 Å². The van der Waals surface area contributed by atoms with Gasteiger partial charge in [0.1, 0.15) is 17.9 Å². The number of hydrogen-bond donors (Lipinski definition) is 0. The summed E-state index contributed by atoms with van der Waals surface area (Å²) in [7, 11) is 0. The summed E-state index contributed by atoms with van der Waals surface area (Å²) in [4.78, 5) is 23.9. The van der Waals surface area contributed by atoms with Crippen molar-refractivity contribution in [1.82, 2.24) is 24.6 Å². The molecule has 0 fully saturated rings. The summed E-state index contributed by atoms with van der Waals surface area (Å²) in [5, 5.41) is 3.89. The van der Waals surface area contributed by atoms with Crippen molar-refractivity contribution in [2.45, 2.75) is 65.2 Å². The summed E-state index contributed by atoms with van der Waals surface area (Å²) in [6.45, 7) is 6.47. The van der Waals surface area contributed by atoms with Crippen LogP contribution >= 0.6 is 0 Å². The minimum Gasteiger partial charge on any atom is -0.489 e. The topological polar surface area (TPSA) is 82.4 Å². The maximum atomic E-state index is 14.1. The highest BCUT2D eigenvalue weighted by Gasteiger charge is 2.41. The Balaban J connectivity index is 1.19. The largest absolute Gasteiger partial charge is 0.489 e. The van der Waals surface area contributed by atoms with Gasteiger partial charge in [-0.25, -0.2) is 14.5 Å². The minimum atomic E-state index is -4.84. The fourth-order valence-corrected chi connectivity index (χ4v) is 6.20. The van der Waals surface area contributed by atoms with E-state index < -0.39 is 23.4 Å². The van der Waals surface area contributed by atoms with Gasteiger partial charge in [-0.3, -0.25) is 9.88 Å². The molecule has 2 aliphatic rings. The van der Waals surface area contributed by atoms with Crippen molar-refractivity contribution in [2.24, 2.45) is 0 Å². The number of aromatic nitrogens is 4. The van der Waals surface area contributed by atoms with Crippen LogP contribution < -0.4 is 4.74 Å². The number of hydrogen-bond acceptors (Lipinski definition) is 7. The molecule has 0 unspecified atom stereocenters. The molecule has 0 N–H and O–H groups in total. The van der Waals surface area contributed by atoms with E-state index in [1.807, 2.05) is 25.1 Å². The molecule has 240 valence electrons. The first-order valence-corrected chi connectivity index (χ1v) is 15.6. The molecule has 1 aromatic carbocycles. The lowest BCUT2D eigenvalue weighted by Crippen LogP contribution is -2.30. The summed E-state index contributed by atoms with van der Waals surface area (Å²) in [5.41, 5.74) is 5.43. The number of halogens is 3. The summed E-state index contributed by atoms with van der Waals surface area (Å²) in [6.07, 6.45) is 0.463. The third-order valence-electron chi connectivity index (χ3n) is 8.39. The second-order valence-corrected chi connectivity index (χ2v) is 11.7. The van der Waals surface area contributed by atoms with Crippen LogP contribution in [0.5, 0.6) is 5.75 Å². The van der Waals surface area contributed by atoms with Gasteiger partial charge in [0.25, 0.3) is 0 Å². The van der Waals surface area contributed by atoms with Crippen molar-refractivity contribution in [3.05, 3.63) is 106 Å². The average molecular weight is 632 g/mol. The molecule has 4 heterocycles. The first-order chi connectivity index (χ1) is 22.2. The molecular weight excluding hydrogens is 595 g/mol. The summed E-state index contributed by atoms with van der Waals surface area (Å²) < 4.78 is 54.1. The first kappa shape index (κ1) is 31.5. The molecule has 0 radical (unpaired) electrons. The Morgan fingerprint density at radius 3 is 2.61 bits per heavy atom. The van der Waals surface area contributed by atoms with Crippen molar-refractivity contribution in [3.63, 3.8) is 0 Å². The van der Waals surface area contributed by atoms with Crippen LogP contribution in [0.25, 0.3) is 11.4 Å². The fourth-order valence-electron chi connectivity index (χ4n) is 6.20. The van der Waals surface area contributed by atoms with E-state index in [9.17, 15) is 18.0 Å². The smallest absolute Gasteiger partial charge is 0.434 e. The van der Waals surface area contributed by atoms with Gasteiger partial charge >= 0.3 is 12.1 Å². The zero-order valence-corrected chi connectivity index (χ0v) is 25.9. The van der Waals surface area contributed by atoms with Gasteiger partial charge in [-0.1, -0.05) is 18.2 Å². The van der Waals surface area contributed by atoms with Crippen LogP contribution in [0.1, 0.15) is 76.9 Å². The van der Waals surface area contributed by atoms with E-state index in [0.29, 0.717) is 17.0 Å². The van der Waals surface area contributed by atoms with Crippen molar-refractivity contribution in [1.29, 1.82) is 0 Å². The Bertz CT molecular complexity index is 1760. The van der Waals surface area contributed by atoms with Crippen LogP contribution in [0.3, 0.4) is 0 Å². The van der Waals surface area contributed by atoms with Crippen molar-refractivity contribution in [2.75, 3.05) is 19.8 Å². The van der Waals surface area contributed by atoms with E-state index in [4.69, 9.17) is 9.47 Å². The third kappa shape index (κ3) is 6.99. The lowest BCUT2D eigenvalue weighted by atomic mass is 9.90. The number of aryl methyl sites for hydroxylation is 1. The number of carbonyl (C=O) groups is 1. The van der Waals surface area contributed by atoms with Crippen LogP contribution in [0.4, 0.5) is 13.2 Å². The number of benzene rings is 1. The Morgan fingerprint density at radius 2 is 1.80 bits per heavy atom. The number of alkyl halides is 3. The highest BCUT2D eigenvalue weighted by atomic mass is 19.4. The highest BCUT2D eigenvalue weighted by Crippen LogP contribution is 2.36. The van der Waals surface area contributed by atoms with E-state index in [-0.39, 0.29) is 12.4 Å². The number of allylic oxidation sites excluding steroid dienone is 1. The molecule has 0 bridgehead atoms. The predicted octanol–water partition coefficient (Wildman–Crippen LogP) is 7.13. The van der Waals surface area contributed by atoms with Crippen LogP contribution in [-0.4, -0.2) is 50.4 Å². The van der Waals surface area contributed by atoms with Gasteiger partial charge < -0.3 is 9.47 Å². The molecule has 0 saturated heterocycles. The zero-order valence-electron chi connectivity index (χ0n) is 25.9. The first-order valence-electron chi connectivity index (χ1n) is 15.6. The summed E-state index contributed by atoms with van der Waals surface area (Å²) in [5.74, 6) is -0.309. The van der Waals surface area contributed by atoms with Crippen LogP contribution in [0.15, 0.2) is 66.4 Å². The second-order valence-electron chi connectivity index (χ2n) is 11.7. The molecule has 1 aliphatic heterocycles. The Morgan fingerprint density at radius 1 is 0.978 bits per heavy atom. The highest BCUT2D eigenvalue weighted by molar-refractivity contribution is 5.90. The normalized spacial score (nSPS) is 15.5. The van der Waals surface area contributed by atoms with Gasteiger partial charge in [0.15, 0.2) is 11.5 Å². The molecule has 6 rings (SSSR count). The Hall–Kier alpha value is -4.51. The lowest BCUT2D eigenvalue weighted by molar-refractivity contribution is -0.143. The van der Waals surface area contributed by atoms with Gasteiger partial charge in [0, 0.05) is 25.3 Å². The van der Waals surface area contributed by atoms with Gasteiger partial charge in [-0.2, -0.15) is 18.3 Å². The number of pyridine rings is 2. The molecule has 3 aromatic heterocycles. The van der Waals surface area contributed by atoms with Gasteiger partial charge in [0.2, 0.25) is 0 Å². The molecule has 46 heavy (non-hydrogen) atoms. The number of esters is 1. The molecule has 4 aromatic rings. The van der Waals surface area contributed by atoms with Crippen LogP contribution in [0.2, 0.25) is 0 Å². The number of nitrogens with zero attached hydrogens (tertiary/aromatic N) is 5. The number of fused-ring (bicyclic) bond motifs is 1. The number of carbonyl (C=O) groups excluding carboxylic acids is 1. The van der Waals surface area contributed by atoms with E-state index in [1.54, 1.807) is 12.1 Å². The Labute approximate surface area is 265 Å². The minimum absolute atomic E-state index is 0.0272. The monoisotopic (exact) mass is 631 g/mol. The van der Waals surface area contributed by atoms with E-state index in [2.05, 4.69) is 38.2 Å². The zero-order chi connectivity index (χ0) is 32.3. The van der Waals surface area contributed by atoms with Crippen LogP contribution in [0, 0.1) is 6.92 Å². The van der Waals surface area contributed by atoms with Gasteiger partial charge in [-0.15, -0.1) is 0 Å². The quantitative estimate of drug-likeness (QED) is 0.182. The van der Waals surface area contributed by atoms with Gasteiger partial charge in [-0.05, 0) is 105 Å². The summed E-state index contributed by atoms with van der Waals surface area (Å²) in [6, 6.07) is 17.3. The Kier molecular flexibility index (Phi) is 9.21. The van der Waals surface area contributed by atoms with E-state index in [1.165, 1.54) is 24.1 Å². The van der Waals surface area contributed by atoms with E-state index >= 15 is 0 Å².